The number of carbonyl (C=O) groups is 1. The van der Waals surface area contributed by atoms with Crippen LogP contribution in [0.1, 0.15) is 50.2 Å². The average Bonchev–Trinajstić information content (AvgIpc) is 3.03. The molecule has 0 radical (unpaired) electrons. The summed E-state index contributed by atoms with van der Waals surface area (Å²) < 4.78 is 10.9. The highest BCUT2D eigenvalue weighted by atomic mass is 16.5. The van der Waals surface area contributed by atoms with E-state index in [1.807, 2.05) is 13.0 Å². The molecule has 29 heavy (non-hydrogen) atoms. The molecule has 2 heterocycles. The summed E-state index contributed by atoms with van der Waals surface area (Å²) in [4.78, 5) is 15.0. The molecule has 4 rings (SSSR count). The number of aliphatic hydroxyl groups excluding tert-OH is 1. The lowest BCUT2D eigenvalue weighted by atomic mass is 9.91. The molecule has 0 aromatic heterocycles. The van der Waals surface area contributed by atoms with Crippen molar-refractivity contribution in [2.45, 2.75) is 52.3 Å². The topological polar surface area (TPSA) is 59.0 Å². The molecule has 0 saturated carbocycles. The first kappa shape index (κ1) is 19.9. The van der Waals surface area contributed by atoms with E-state index < -0.39 is 6.10 Å². The number of amides is 1. The van der Waals surface area contributed by atoms with Crippen LogP contribution < -0.4 is 4.74 Å². The van der Waals surface area contributed by atoms with E-state index in [1.54, 1.807) is 12.0 Å². The van der Waals surface area contributed by atoms with Gasteiger partial charge in [-0.05, 0) is 79.1 Å². The molecule has 2 aliphatic rings. The molecule has 1 fully saturated rings. The van der Waals surface area contributed by atoms with Gasteiger partial charge in [0, 0.05) is 18.7 Å². The highest BCUT2D eigenvalue weighted by Gasteiger charge is 2.39. The molecule has 2 atom stereocenters. The maximum atomic E-state index is 13.2. The molecule has 2 unspecified atom stereocenters. The highest BCUT2D eigenvalue weighted by Crippen LogP contribution is 2.34. The molecule has 1 amide bonds. The van der Waals surface area contributed by atoms with Crippen molar-refractivity contribution in [3.8, 4) is 5.75 Å². The molecular weight excluding hydrogens is 366 g/mol. The van der Waals surface area contributed by atoms with Gasteiger partial charge in [-0.25, -0.2) is 0 Å². The third-order valence-corrected chi connectivity index (χ3v) is 6.51. The first-order chi connectivity index (χ1) is 13.9. The van der Waals surface area contributed by atoms with Gasteiger partial charge in [-0.15, -0.1) is 0 Å². The van der Waals surface area contributed by atoms with Gasteiger partial charge in [0.2, 0.25) is 0 Å². The minimum Gasteiger partial charge on any atom is -0.496 e. The molecule has 2 aliphatic heterocycles. The van der Waals surface area contributed by atoms with E-state index in [4.69, 9.17) is 9.47 Å². The van der Waals surface area contributed by atoms with Crippen molar-refractivity contribution in [2.24, 2.45) is 0 Å². The zero-order chi connectivity index (χ0) is 20.7. The summed E-state index contributed by atoms with van der Waals surface area (Å²) in [5.41, 5.74) is 7.72. The number of carbonyl (C=O) groups excluding carboxylic acids is 1. The Labute approximate surface area is 172 Å². The molecule has 2 aromatic carbocycles. The quantitative estimate of drug-likeness (QED) is 0.863. The zero-order valence-corrected chi connectivity index (χ0v) is 17.6. The van der Waals surface area contributed by atoms with Crippen LogP contribution in [-0.2, 0) is 17.7 Å². The first-order valence-electron chi connectivity index (χ1n) is 10.2. The van der Waals surface area contributed by atoms with Crippen LogP contribution in [-0.4, -0.2) is 48.4 Å². The van der Waals surface area contributed by atoms with E-state index in [0.29, 0.717) is 26.2 Å². The van der Waals surface area contributed by atoms with E-state index in [9.17, 15) is 9.90 Å². The number of fused-ring (bicyclic) bond motifs is 1. The van der Waals surface area contributed by atoms with Crippen LogP contribution in [0.15, 0.2) is 24.3 Å². The lowest BCUT2D eigenvalue weighted by Crippen LogP contribution is -2.49. The van der Waals surface area contributed by atoms with Crippen molar-refractivity contribution in [2.75, 3.05) is 20.3 Å². The van der Waals surface area contributed by atoms with Crippen molar-refractivity contribution >= 4 is 5.91 Å². The Kier molecular flexibility index (Phi) is 5.36. The summed E-state index contributed by atoms with van der Waals surface area (Å²) >= 11 is 0. The van der Waals surface area contributed by atoms with Crippen LogP contribution in [0.4, 0.5) is 0 Å². The monoisotopic (exact) mass is 395 g/mol. The molecule has 0 bridgehead atoms. The largest absolute Gasteiger partial charge is 0.496 e. The third-order valence-electron chi connectivity index (χ3n) is 6.51. The fourth-order valence-electron chi connectivity index (χ4n) is 4.56. The van der Waals surface area contributed by atoms with Crippen molar-refractivity contribution in [3.05, 3.63) is 63.2 Å². The summed E-state index contributed by atoms with van der Waals surface area (Å²) in [5.74, 6) is 0.888. The molecule has 0 aliphatic carbocycles. The van der Waals surface area contributed by atoms with E-state index in [1.165, 1.54) is 22.3 Å². The minimum atomic E-state index is -0.523. The molecule has 0 spiro atoms. The van der Waals surface area contributed by atoms with Crippen LogP contribution in [0.2, 0.25) is 0 Å². The van der Waals surface area contributed by atoms with Crippen molar-refractivity contribution in [1.82, 2.24) is 4.90 Å². The van der Waals surface area contributed by atoms with Crippen LogP contribution >= 0.6 is 0 Å². The molecule has 5 nitrogen and oxygen atoms in total. The maximum absolute atomic E-state index is 13.2. The first-order valence-corrected chi connectivity index (χ1v) is 10.2. The Morgan fingerprint density at radius 2 is 2.00 bits per heavy atom. The van der Waals surface area contributed by atoms with Gasteiger partial charge < -0.3 is 19.5 Å². The van der Waals surface area contributed by atoms with E-state index >= 15 is 0 Å². The van der Waals surface area contributed by atoms with Crippen LogP contribution in [0.3, 0.4) is 0 Å². The lowest BCUT2D eigenvalue weighted by Gasteiger charge is -2.34. The predicted molar refractivity (Wildman–Crippen MR) is 112 cm³/mol. The minimum absolute atomic E-state index is 0.00446. The van der Waals surface area contributed by atoms with E-state index in [0.717, 1.165) is 28.9 Å². The second kappa shape index (κ2) is 7.81. The molecule has 1 saturated heterocycles. The Morgan fingerprint density at radius 1 is 1.21 bits per heavy atom. The van der Waals surface area contributed by atoms with Gasteiger partial charge in [0.1, 0.15) is 5.75 Å². The second-order valence-corrected chi connectivity index (χ2v) is 8.22. The number of benzene rings is 2. The smallest absolute Gasteiger partial charge is 0.254 e. The molecular formula is C24H29NO4. The Morgan fingerprint density at radius 3 is 2.69 bits per heavy atom. The Bertz CT molecular complexity index is 952. The number of nitrogens with zero attached hydrogens (tertiary/aromatic N) is 1. The summed E-state index contributed by atoms with van der Waals surface area (Å²) in [6, 6.07) is 8.01. The standard InChI is InChI=1S/C24H29NO4/c1-14-9-17(5-6-23(14)28-4)10-18-11-19-20(16(3)15(18)2)12-25(24(19)27)21-13-29-8-7-22(21)26/h5-6,9,11,21-22,26H,7-8,10,12-13H2,1-4H3. The molecule has 5 heteroatoms. The van der Waals surface area contributed by atoms with Gasteiger partial charge in [0.15, 0.2) is 0 Å². The third kappa shape index (κ3) is 3.53. The van der Waals surface area contributed by atoms with Gasteiger partial charge in [0.05, 0.1) is 25.9 Å². The van der Waals surface area contributed by atoms with Crippen molar-refractivity contribution in [1.29, 1.82) is 0 Å². The lowest BCUT2D eigenvalue weighted by molar-refractivity contribution is -0.0528. The fraction of sp³-hybridized carbons (Fsp3) is 0.458. The fourth-order valence-corrected chi connectivity index (χ4v) is 4.56. The van der Waals surface area contributed by atoms with Crippen LogP contribution in [0.25, 0.3) is 0 Å². The van der Waals surface area contributed by atoms with Gasteiger partial charge >= 0.3 is 0 Å². The Balaban J connectivity index is 1.64. The van der Waals surface area contributed by atoms with Gasteiger partial charge in [-0.1, -0.05) is 12.1 Å². The van der Waals surface area contributed by atoms with Crippen molar-refractivity contribution < 1.29 is 19.4 Å². The number of hydrogen-bond donors (Lipinski definition) is 1. The highest BCUT2D eigenvalue weighted by molar-refractivity contribution is 5.99. The predicted octanol–water partition coefficient (Wildman–Crippen LogP) is 3.32. The number of ether oxygens (including phenoxy) is 2. The van der Waals surface area contributed by atoms with Gasteiger partial charge in [-0.2, -0.15) is 0 Å². The molecule has 154 valence electrons. The van der Waals surface area contributed by atoms with E-state index in [-0.39, 0.29) is 11.9 Å². The second-order valence-electron chi connectivity index (χ2n) is 8.22. The normalized spacial score (nSPS) is 21.4. The van der Waals surface area contributed by atoms with Crippen molar-refractivity contribution in [3.63, 3.8) is 0 Å². The van der Waals surface area contributed by atoms with Crippen LogP contribution in [0, 0.1) is 20.8 Å². The number of hydrogen-bond acceptors (Lipinski definition) is 4. The number of rotatable bonds is 4. The molecule has 2 aromatic rings. The summed E-state index contributed by atoms with van der Waals surface area (Å²) in [5, 5.41) is 10.4. The van der Waals surface area contributed by atoms with Gasteiger partial charge in [-0.3, -0.25) is 4.79 Å². The summed E-state index contributed by atoms with van der Waals surface area (Å²) in [6.07, 6.45) is 0.822. The Hall–Kier alpha value is -2.37. The SMILES string of the molecule is COc1ccc(Cc2cc3c(c(C)c2C)CN(C2COCCC2O)C3=O)cc1C. The number of methoxy groups -OCH3 is 1. The number of aryl methyl sites for hydroxylation is 1. The molecule has 1 N–H and O–H groups in total. The summed E-state index contributed by atoms with van der Waals surface area (Å²) in [6.45, 7) is 7.78. The van der Waals surface area contributed by atoms with E-state index in [2.05, 4.69) is 32.0 Å². The van der Waals surface area contributed by atoms with Crippen LogP contribution in [0.5, 0.6) is 5.75 Å². The zero-order valence-electron chi connectivity index (χ0n) is 17.6. The van der Waals surface area contributed by atoms with Gasteiger partial charge in [0.25, 0.3) is 5.91 Å². The maximum Gasteiger partial charge on any atom is 0.254 e. The number of aliphatic hydroxyl groups is 1. The summed E-state index contributed by atoms with van der Waals surface area (Å²) in [7, 11) is 1.68. The average molecular weight is 395 g/mol.